The first-order chi connectivity index (χ1) is 12.7. The van der Waals surface area contributed by atoms with E-state index in [9.17, 15) is 5.11 Å². The van der Waals surface area contributed by atoms with Crippen LogP contribution in [0.1, 0.15) is 17.5 Å². The summed E-state index contributed by atoms with van der Waals surface area (Å²) in [4.78, 5) is 8.39. The molecule has 0 atom stereocenters. The summed E-state index contributed by atoms with van der Waals surface area (Å²) in [5.41, 5.74) is 3.27. The molecule has 0 radical (unpaired) electrons. The van der Waals surface area contributed by atoms with Gasteiger partial charge in [-0.05, 0) is 43.7 Å². The zero-order valence-corrected chi connectivity index (χ0v) is 14.7. The molecule has 132 valence electrons. The van der Waals surface area contributed by atoms with E-state index in [0.29, 0.717) is 17.8 Å². The van der Waals surface area contributed by atoms with E-state index in [1.165, 1.54) is 5.56 Å². The molecular formula is C20H21N5O. The number of imidazole rings is 1. The van der Waals surface area contributed by atoms with Crippen molar-refractivity contribution in [3.63, 3.8) is 0 Å². The van der Waals surface area contributed by atoms with Crippen LogP contribution in [0.4, 0.5) is 11.4 Å². The molecule has 6 nitrogen and oxygen atoms in total. The van der Waals surface area contributed by atoms with Crippen molar-refractivity contribution in [2.75, 3.05) is 6.54 Å². The third kappa shape index (κ3) is 5.11. The highest BCUT2D eigenvalue weighted by atomic mass is 16.3. The summed E-state index contributed by atoms with van der Waals surface area (Å²) in [7, 11) is 0. The minimum Gasteiger partial charge on any atom is -0.507 e. The van der Waals surface area contributed by atoms with Crippen molar-refractivity contribution in [1.82, 2.24) is 9.55 Å². The second-order valence-electron chi connectivity index (χ2n) is 5.97. The maximum Gasteiger partial charge on any atom is 0.124 e. The minimum atomic E-state index is 0.178. The van der Waals surface area contributed by atoms with E-state index in [2.05, 4.69) is 20.2 Å². The zero-order valence-electron chi connectivity index (χ0n) is 14.7. The van der Waals surface area contributed by atoms with E-state index >= 15 is 0 Å². The molecule has 2 aromatic carbocycles. The molecule has 0 amide bonds. The molecule has 0 fully saturated rings. The van der Waals surface area contributed by atoms with Crippen molar-refractivity contribution in [3.8, 4) is 5.75 Å². The number of nitrogens with zero attached hydrogens (tertiary/aromatic N) is 5. The van der Waals surface area contributed by atoms with Gasteiger partial charge in [-0.3, -0.25) is 4.99 Å². The van der Waals surface area contributed by atoms with Crippen molar-refractivity contribution in [2.45, 2.75) is 19.9 Å². The monoisotopic (exact) mass is 347 g/mol. The lowest BCUT2D eigenvalue weighted by atomic mass is 10.2. The number of azo groups is 1. The average Bonchev–Trinajstić information content (AvgIpc) is 3.16. The second-order valence-corrected chi connectivity index (χ2v) is 5.97. The molecular weight excluding hydrogens is 326 g/mol. The number of aryl methyl sites for hydroxylation is 2. The van der Waals surface area contributed by atoms with Crippen LogP contribution in [0.3, 0.4) is 0 Å². The van der Waals surface area contributed by atoms with Crippen LogP contribution in [0.2, 0.25) is 0 Å². The predicted molar refractivity (Wildman–Crippen MR) is 103 cm³/mol. The van der Waals surface area contributed by atoms with Crippen molar-refractivity contribution < 1.29 is 5.11 Å². The van der Waals surface area contributed by atoms with Crippen LogP contribution in [-0.2, 0) is 6.54 Å². The number of aromatic hydroxyl groups is 1. The van der Waals surface area contributed by atoms with Gasteiger partial charge in [0.25, 0.3) is 0 Å². The van der Waals surface area contributed by atoms with E-state index in [-0.39, 0.29) is 5.75 Å². The standard InChI is InChI=1S/C20H21N5O/c1-16-3-5-18(6-4-16)23-24-19-7-8-20(26)17(13-19)14-21-9-2-11-25-12-10-22-15-25/h3-8,10,12-15,26H,2,9,11H2,1H3. The van der Waals surface area contributed by atoms with E-state index in [4.69, 9.17) is 0 Å². The Kier molecular flexibility index (Phi) is 5.88. The summed E-state index contributed by atoms with van der Waals surface area (Å²) in [6.07, 6.45) is 8.06. The van der Waals surface area contributed by atoms with Gasteiger partial charge in [-0.2, -0.15) is 10.2 Å². The molecule has 0 aliphatic rings. The molecule has 1 heterocycles. The van der Waals surface area contributed by atoms with Crippen LogP contribution in [0.5, 0.6) is 5.75 Å². The lowest BCUT2D eigenvalue weighted by Gasteiger charge is -2.01. The molecule has 0 spiro atoms. The third-order valence-electron chi connectivity index (χ3n) is 3.82. The van der Waals surface area contributed by atoms with E-state index in [1.807, 2.05) is 42.0 Å². The number of hydrogen-bond donors (Lipinski definition) is 1. The Morgan fingerprint density at radius 3 is 2.62 bits per heavy atom. The first kappa shape index (κ1) is 17.5. The van der Waals surface area contributed by atoms with Gasteiger partial charge in [-0.1, -0.05) is 17.7 Å². The summed E-state index contributed by atoms with van der Waals surface area (Å²) in [6, 6.07) is 12.9. The molecule has 0 bridgehead atoms. The van der Waals surface area contributed by atoms with E-state index < -0.39 is 0 Å². The number of rotatable bonds is 7. The van der Waals surface area contributed by atoms with Gasteiger partial charge in [0.15, 0.2) is 0 Å². The molecule has 1 N–H and O–H groups in total. The maximum absolute atomic E-state index is 9.98. The summed E-state index contributed by atoms with van der Waals surface area (Å²) >= 11 is 0. The molecule has 3 aromatic rings. The highest BCUT2D eigenvalue weighted by molar-refractivity contribution is 5.84. The van der Waals surface area contributed by atoms with Crippen molar-refractivity contribution >= 4 is 17.6 Å². The molecule has 0 aliphatic carbocycles. The summed E-state index contributed by atoms with van der Waals surface area (Å²) in [6.45, 7) is 3.57. The first-order valence-electron chi connectivity index (χ1n) is 8.48. The summed E-state index contributed by atoms with van der Waals surface area (Å²) in [5, 5.41) is 18.4. The average molecular weight is 347 g/mol. The van der Waals surface area contributed by atoms with Crippen LogP contribution in [0.15, 0.2) is 76.4 Å². The Hall–Kier alpha value is -3.28. The van der Waals surface area contributed by atoms with Crippen LogP contribution >= 0.6 is 0 Å². The Morgan fingerprint density at radius 1 is 1.08 bits per heavy atom. The zero-order chi connectivity index (χ0) is 18.2. The molecule has 0 saturated carbocycles. The third-order valence-corrected chi connectivity index (χ3v) is 3.82. The first-order valence-corrected chi connectivity index (χ1v) is 8.48. The van der Waals surface area contributed by atoms with Crippen molar-refractivity contribution in [2.24, 2.45) is 15.2 Å². The fourth-order valence-electron chi connectivity index (χ4n) is 2.36. The van der Waals surface area contributed by atoms with Gasteiger partial charge in [-0.15, -0.1) is 0 Å². The quantitative estimate of drug-likeness (QED) is 0.378. The van der Waals surface area contributed by atoms with Gasteiger partial charge in [0.1, 0.15) is 5.75 Å². The highest BCUT2D eigenvalue weighted by Gasteiger charge is 2.00. The number of aliphatic imine (C=N–C) groups is 1. The maximum atomic E-state index is 9.98. The molecule has 6 heteroatoms. The summed E-state index contributed by atoms with van der Waals surface area (Å²) < 4.78 is 2.01. The Bertz CT molecular complexity index is 883. The van der Waals surface area contributed by atoms with Crippen molar-refractivity contribution in [1.29, 1.82) is 0 Å². The lowest BCUT2D eigenvalue weighted by Crippen LogP contribution is -1.96. The molecule has 0 unspecified atom stereocenters. The van der Waals surface area contributed by atoms with Gasteiger partial charge in [0, 0.05) is 37.3 Å². The van der Waals surface area contributed by atoms with Crippen LogP contribution < -0.4 is 0 Å². The minimum absolute atomic E-state index is 0.178. The number of aromatic nitrogens is 2. The predicted octanol–water partition coefficient (Wildman–Crippen LogP) is 4.82. The van der Waals surface area contributed by atoms with Gasteiger partial charge in [-0.25, -0.2) is 4.98 Å². The number of hydrogen-bond acceptors (Lipinski definition) is 5. The van der Waals surface area contributed by atoms with E-state index in [1.54, 1.807) is 36.9 Å². The van der Waals surface area contributed by atoms with Crippen LogP contribution in [-0.4, -0.2) is 27.4 Å². The van der Waals surface area contributed by atoms with Gasteiger partial charge < -0.3 is 9.67 Å². The number of benzene rings is 2. The van der Waals surface area contributed by atoms with Crippen LogP contribution in [0, 0.1) is 6.92 Å². The van der Waals surface area contributed by atoms with Crippen LogP contribution in [0.25, 0.3) is 0 Å². The lowest BCUT2D eigenvalue weighted by molar-refractivity contribution is 0.474. The largest absolute Gasteiger partial charge is 0.507 e. The van der Waals surface area contributed by atoms with Gasteiger partial charge in [0.05, 0.1) is 17.7 Å². The number of phenols is 1. The molecule has 0 aliphatic heterocycles. The van der Waals surface area contributed by atoms with Gasteiger partial charge in [0.2, 0.25) is 0 Å². The normalized spacial score (nSPS) is 11.6. The Morgan fingerprint density at radius 2 is 1.85 bits per heavy atom. The summed E-state index contributed by atoms with van der Waals surface area (Å²) in [5.74, 6) is 0.178. The Balaban J connectivity index is 1.59. The van der Waals surface area contributed by atoms with Crippen molar-refractivity contribution in [3.05, 3.63) is 72.3 Å². The topological polar surface area (TPSA) is 75.1 Å². The second kappa shape index (κ2) is 8.71. The smallest absolute Gasteiger partial charge is 0.124 e. The van der Waals surface area contributed by atoms with Gasteiger partial charge >= 0.3 is 0 Å². The molecule has 0 saturated heterocycles. The molecule has 1 aromatic heterocycles. The fraction of sp³-hybridized carbons (Fsp3) is 0.200. The molecule has 26 heavy (non-hydrogen) atoms. The Labute approximate surface area is 152 Å². The van der Waals surface area contributed by atoms with E-state index in [0.717, 1.165) is 18.7 Å². The fourth-order valence-corrected chi connectivity index (χ4v) is 2.36. The number of phenolic OH excluding ortho intramolecular Hbond substituents is 1. The highest BCUT2D eigenvalue weighted by Crippen LogP contribution is 2.24. The SMILES string of the molecule is Cc1ccc(N=Nc2ccc(O)c(C=NCCCn3ccnc3)c2)cc1. The molecule has 3 rings (SSSR count).